The van der Waals surface area contributed by atoms with Gasteiger partial charge in [-0.15, -0.1) is 0 Å². The van der Waals surface area contributed by atoms with Gasteiger partial charge in [0.1, 0.15) is 5.60 Å². The number of aliphatic hydroxyl groups is 2. The second kappa shape index (κ2) is 4.41. The molecule has 3 heteroatoms. The van der Waals surface area contributed by atoms with Crippen LogP contribution in [0.1, 0.15) is 33.1 Å². The summed E-state index contributed by atoms with van der Waals surface area (Å²) in [6.45, 7) is 3.87. The van der Waals surface area contributed by atoms with Gasteiger partial charge < -0.3 is 10.2 Å². The molecule has 1 aliphatic rings. The molecule has 0 aliphatic heterocycles. The molecule has 1 rings (SSSR count). The molecule has 0 heterocycles. The summed E-state index contributed by atoms with van der Waals surface area (Å²) in [7, 11) is 1.65. The van der Waals surface area contributed by atoms with E-state index in [4.69, 9.17) is 0 Å². The van der Waals surface area contributed by atoms with Gasteiger partial charge >= 0.3 is 0 Å². The highest BCUT2D eigenvalue weighted by atomic mass is 16.3. The van der Waals surface area contributed by atoms with Gasteiger partial charge in [0.15, 0.2) is 0 Å². The normalized spacial score (nSPS) is 38.5. The van der Waals surface area contributed by atoms with E-state index in [0.29, 0.717) is 5.92 Å². The number of aliphatic hydroxyl groups excluding tert-OH is 1. The first-order valence-electron chi connectivity index (χ1n) is 5.31. The summed E-state index contributed by atoms with van der Waals surface area (Å²) in [5, 5.41) is 20.0. The second-order valence-electron chi connectivity index (χ2n) is 4.71. The predicted molar refractivity (Wildman–Crippen MR) is 57.6 cm³/mol. The lowest BCUT2D eigenvalue weighted by atomic mass is 9.73. The molecule has 1 fully saturated rings. The molecule has 1 unspecified atom stereocenters. The summed E-state index contributed by atoms with van der Waals surface area (Å²) in [5.41, 5.74) is -0.964. The summed E-state index contributed by atoms with van der Waals surface area (Å²) in [4.78, 5) is 3.85. The molecule has 3 nitrogen and oxygen atoms in total. The molecule has 82 valence electrons. The zero-order valence-corrected chi connectivity index (χ0v) is 9.27. The Kier molecular flexibility index (Phi) is 3.67. The topological polar surface area (TPSA) is 52.8 Å². The smallest absolute Gasteiger partial charge is 0.102 e. The van der Waals surface area contributed by atoms with E-state index < -0.39 is 11.7 Å². The first-order chi connectivity index (χ1) is 6.47. The van der Waals surface area contributed by atoms with E-state index in [9.17, 15) is 10.2 Å². The zero-order chi connectivity index (χ0) is 10.8. The Morgan fingerprint density at radius 3 is 2.57 bits per heavy atom. The summed E-state index contributed by atoms with van der Waals surface area (Å²) in [6.07, 6.45) is 3.89. The first kappa shape index (κ1) is 11.7. The van der Waals surface area contributed by atoms with Crippen LogP contribution in [0, 0.1) is 11.8 Å². The van der Waals surface area contributed by atoms with E-state index in [1.807, 2.05) is 0 Å². The van der Waals surface area contributed by atoms with Crippen molar-refractivity contribution in [2.75, 3.05) is 7.05 Å². The molecule has 4 atom stereocenters. The maximum atomic E-state index is 10.1. The Labute approximate surface area is 85.9 Å². The van der Waals surface area contributed by atoms with Crippen molar-refractivity contribution in [2.45, 2.75) is 44.8 Å². The molecule has 14 heavy (non-hydrogen) atoms. The highest BCUT2D eigenvalue weighted by Crippen LogP contribution is 2.34. The molecule has 0 aromatic heterocycles. The molecule has 0 radical (unpaired) electrons. The Hall–Kier alpha value is -0.410. The van der Waals surface area contributed by atoms with Gasteiger partial charge in [0.25, 0.3) is 0 Å². The van der Waals surface area contributed by atoms with Crippen molar-refractivity contribution in [1.29, 1.82) is 0 Å². The molecule has 0 bridgehead atoms. The van der Waals surface area contributed by atoms with Crippen LogP contribution in [0.2, 0.25) is 0 Å². The van der Waals surface area contributed by atoms with Gasteiger partial charge in [0, 0.05) is 19.2 Å². The van der Waals surface area contributed by atoms with Crippen molar-refractivity contribution >= 4 is 6.21 Å². The molecule has 1 saturated carbocycles. The van der Waals surface area contributed by atoms with Crippen molar-refractivity contribution in [3.63, 3.8) is 0 Å². The largest absolute Gasteiger partial charge is 0.393 e. The lowest BCUT2D eigenvalue weighted by Gasteiger charge is -2.38. The molecular weight excluding hydrogens is 178 g/mol. The van der Waals surface area contributed by atoms with Crippen LogP contribution in [0.3, 0.4) is 0 Å². The summed E-state index contributed by atoms with van der Waals surface area (Å²) in [6, 6.07) is 0. The van der Waals surface area contributed by atoms with Gasteiger partial charge in [-0.05, 0) is 25.7 Å². The highest BCUT2D eigenvalue weighted by molar-refractivity contribution is 5.68. The SMILES string of the molecule is C/N=C/C(C)(O)[C@@H]1CC[C@@H](C)C[C@H]1O. The summed E-state index contributed by atoms with van der Waals surface area (Å²) < 4.78 is 0. The number of aliphatic imine (C=N–C) groups is 1. The number of hydrogen-bond acceptors (Lipinski definition) is 3. The van der Waals surface area contributed by atoms with Crippen LogP contribution in [0.4, 0.5) is 0 Å². The lowest BCUT2D eigenvalue weighted by Crippen LogP contribution is -2.46. The zero-order valence-electron chi connectivity index (χ0n) is 9.27. The fourth-order valence-electron chi connectivity index (χ4n) is 2.39. The fraction of sp³-hybridized carbons (Fsp3) is 0.909. The third-order valence-corrected chi connectivity index (χ3v) is 3.22. The maximum Gasteiger partial charge on any atom is 0.102 e. The van der Waals surface area contributed by atoms with Crippen LogP contribution in [-0.2, 0) is 0 Å². The fourth-order valence-corrected chi connectivity index (χ4v) is 2.39. The Balaban J connectivity index is 2.68. The molecule has 0 spiro atoms. The number of hydrogen-bond donors (Lipinski definition) is 2. The van der Waals surface area contributed by atoms with Crippen molar-refractivity contribution in [3.05, 3.63) is 0 Å². The summed E-state index contributed by atoms with van der Waals surface area (Å²) >= 11 is 0. The molecule has 1 aliphatic carbocycles. The van der Waals surface area contributed by atoms with Crippen LogP contribution >= 0.6 is 0 Å². The van der Waals surface area contributed by atoms with Crippen LogP contribution in [0.25, 0.3) is 0 Å². The molecular formula is C11H21NO2. The van der Waals surface area contributed by atoms with Crippen LogP contribution in [0.15, 0.2) is 4.99 Å². The third kappa shape index (κ3) is 2.55. The first-order valence-corrected chi connectivity index (χ1v) is 5.31. The van der Waals surface area contributed by atoms with E-state index in [1.54, 1.807) is 14.0 Å². The molecule has 0 aromatic rings. The number of nitrogens with zero attached hydrogens (tertiary/aromatic N) is 1. The van der Waals surface area contributed by atoms with Crippen LogP contribution in [0.5, 0.6) is 0 Å². The molecule has 0 saturated heterocycles. The van der Waals surface area contributed by atoms with E-state index in [1.165, 1.54) is 6.21 Å². The van der Waals surface area contributed by atoms with Crippen molar-refractivity contribution < 1.29 is 10.2 Å². The van der Waals surface area contributed by atoms with E-state index >= 15 is 0 Å². The minimum atomic E-state index is -0.964. The third-order valence-electron chi connectivity index (χ3n) is 3.22. The predicted octanol–water partition coefficient (Wildman–Crippen LogP) is 1.24. The number of rotatable bonds is 2. The van der Waals surface area contributed by atoms with Crippen LogP contribution in [-0.4, -0.2) is 35.2 Å². The van der Waals surface area contributed by atoms with Gasteiger partial charge in [-0.25, -0.2) is 0 Å². The lowest BCUT2D eigenvalue weighted by molar-refractivity contribution is -0.0434. The quantitative estimate of drug-likeness (QED) is 0.657. The average molecular weight is 199 g/mol. The van der Waals surface area contributed by atoms with Gasteiger partial charge in [-0.2, -0.15) is 0 Å². The molecule has 0 amide bonds. The van der Waals surface area contributed by atoms with Crippen molar-refractivity contribution in [2.24, 2.45) is 16.8 Å². The Bertz CT molecular complexity index is 213. The van der Waals surface area contributed by atoms with Gasteiger partial charge in [-0.3, -0.25) is 4.99 Å². The van der Waals surface area contributed by atoms with Gasteiger partial charge in [0.05, 0.1) is 6.10 Å². The van der Waals surface area contributed by atoms with E-state index in [-0.39, 0.29) is 5.92 Å². The highest BCUT2D eigenvalue weighted by Gasteiger charge is 2.38. The maximum absolute atomic E-state index is 10.1. The Morgan fingerprint density at radius 2 is 2.07 bits per heavy atom. The molecule has 0 aromatic carbocycles. The minimum absolute atomic E-state index is 0.0672. The van der Waals surface area contributed by atoms with Gasteiger partial charge in [0.2, 0.25) is 0 Å². The second-order valence-corrected chi connectivity index (χ2v) is 4.71. The van der Waals surface area contributed by atoms with E-state index in [2.05, 4.69) is 11.9 Å². The van der Waals surface area contributed by atoms with Crippen molar-refractivity contribution in [3.8, 4) is 0 Å². The van der Waals surface area contributed by atoms with E-state index in [0.717, 1.165) is 19.3 Å². The standard InChI is InChI=1S/C11H21NO2/c1-8-4-5-9(10(13)6-8)11(2,14)7-12-3/h7-10,13-14H,4-6H2,1-3H3/b12-7+/t8-,9-,10-,11?/m1/s1. The molecule has 2 N–H and O–H groups in total. The average Bonchev–Trinajstić information content (AvgIpc) is 2.02. The Morgan fingerprint density at radius 1 is 1.43 bits per heavy atom. The minimum Gasteiger partial charge on any atom is -0.393 e. The van der Waals surface area contributed by atoms with Crippen molar-refractivity contribution in [1.82, 2.24) is 0 Å². The monoisotopic (exact) mass is 199 g/mol. The van der Waals surface area contributed by atoms with Crippen LogP contribution < -0.4 is 0 Å². The van der Waals surface area contributed by atoms with Gasteiger partial charge in [-0.1, -0.05) is 13.3 Å². The summed E-state index contributed by atoms with van der Waals surface area (Å²) in [5.74, 6) is 0.498.